The SMILES string of the molecule is CCC(C)C.CCC1CCC1.CCCN(CC(C)(CC)COC(C)(C)C1CCC1)c1c(C)c(N)nc2c1CCCC2. The topological polar surface area (TPSA) is 51.4 Å². The standard InChI is InChI=1S/C26H45N3O.C6H12.C5H12/c1-7-16-29(23-19(3)24(27)28-22-15-10-9-14-21(22)23)17-26(6,8-2)18-30-25(4,5)20-12-11-13-20;1-2-6-4-3-5-6;1-4-5(2)3/h20H,7-18H2,1-6H3,(H2,27,28);6H,2-5H2,1H3;5H,4H2,1-3H3. The Balaban J connectivity index is 0.000000447. The first kappa shape index (κ1) is 35.9. The van der Waals surface area contributed by atoms with Crippen LogP contribution in [0.5, 0.6) is 0 Å². The quantitative estimate of drug-likeness (QED) is 0.271. The second-order valence-corrected chi connectivity index (χ2v) is 14.7. The van der Waals surface area contributed by atoms with Crippen molar-refractivity contribution < 1.29 is 4.74 Å². The van der Waals surface area contributed by atoms with E-state index in [1.165, 1.54) is 86.7 Å². The summed E-state index contributed by atoms with van der Waals surface area (Å²) < 4.78 is 6.61. The molecule has 4 nitrogen and oxygen atoms in total. The molecule has 0 aliphatic heterocycles. The van der Waals surface area contributed by atoms with Gasteiger partial charge in [-0.15, -0.1) is 0 Å². The second-order valence-electron chi connectivity index (χ2n) is 14.7. The summed E-state index contributed by atoms with van der Waals surface area (Å²) in [6.07, 6.45) is 18.2. The summed E-state index contributed by atoms with van der Waals surface area (Å²) in [5.41, 5.74) is 11.7. The number of nitrogen functional groups attached to an aromatic ring is 1. The highest BCUT2D eigenvalue weighted by molar-refractivity contribution is 5.67. The maximum absolute atomic E-state index is 6.61. The number of pyridine rings is 1. The van der Waals surface area contributed by atoms with Gasteiger partial charge >= 0.3 is 0 Å². The van der Waals surface area contributed by atoms with Gasteiger partial charge in [0, 0.05) is 35.4 Å². The molecule has 0 spiro atoms. The fourth-order valence-electron chi connectivity index (χ4n) is 6.02. The van der Waals surface area contributed by atoms with Crippen molar-refractivity contribution in [3.63, 3.8) is 0 Å². The monoisotopic (exact) mass is 572 g/mol. The minimum Gasteiger partial charge on any atom is -0.383 e. The lowest BCUT2D eigenvalue weighted by atomic mass is 9.74. The van der Waals surface area contributed by atoms with Gasteiger partial charge in [0.15, 0.2) is 0 Å². The fourth-order valence-corrected chi connectivity index (χ4v) is 6.02. The zero-order valence-corrected chi connectivity index (χ0v) is 29.1. The number of hydrogen-bond donors (Lipinski definition) is 1. The van der Waals surface area contributed by atoms with Gasteiger partial charge in [-0.3, -0.25) is 0 Å². The number of hydrogen-bond acceptors (Lipinski definition) is 4. The Bertz CT molecular complexity index is 884. The summed E-state index contributed by atoms with van der Waals surface area (Å²) in [7, 11) is 0. The minimum atomic E-state index is -0.0134. The van der Waals surface area contributed by atoms with E-state index in [1.807, 2.05) is 0 Å². The zero-order chi connectivity index (χ0) is 30.6. The number of fused-ring (bicyclic) bond motifs is 1. The summed E-state index contributed by atoms with van der Waals surface area (Å²) >= 11 is 0. The molecule has 4 rings (SSSR count). The number of nitrogens with zero attached hydrogens (tertiary/aromatic N) is 2. The third-order valence-corrected chi connectivity index (χ3v) is 10.5. The molecule has 1 atom stereocenters. The molecule has 1 heterocycles. The molecular formula is C37H69N3O. The van der Waals surface area contributed by atoms with E-state index in [2.05, 4.69) is 74.1 Å². The molecule has 3 aliphatic carbocycles. The predicted molar refractivity (Wildman–Crippen MR) is 181 cm³/mol. The highest BCUT2D eigenvalue weighted by Crippen LogP contribution is 2.41. The number of aryl methyl sites for hydroxylation is 1. The molecule has 1 unspecified atom stereocenters. The predicted octanol–water partition coefficient (Wildman–Crippen LogP) is 10.3. The van der Waals surface area contributed by atoms with Gasteiger partial charge in [0.05, 0.1) is 12.2 Å². The highest BCUT2D eigenvalue weighted by Gasteiger charge is 2.37. The molecule has 0 saturated heterocycles. The Kier molecular flexibility index (Phi) is 15.0. The van der Waals surface area contributed by atoms with Crippen LogP contribution in [0.25, 0.3) is 0 Å². The van der Waals surface area contributed by atoms with Gasteiger partial charge in [-0.25, -0.2) is 4.98 Å². The molecule has 0 amide bonds. The molecular weight excluding hydrogens is 502 g/mol. The van der Waals surface area contributed by atoms with Crippen LogP contribution in [0.3, 0.4) is 0 Å². The molecule has 1 aromatic rings. The van der Waals surface area contributed by atoms with Crippen molar-refractivity contribution in [1.29, 1.82) is 0 Å². The van der Waals surface area contributed by atoms with Crippen LogP contribution in [0.1, 0.15) is 156 Å². The van der Waals surface area contributed by atoms with Crippen molar-refractivity contribution in [2.24, 2.45) is 23.2 Å². The first-order chi connectivity index (χ1) is 19.4. The molecule has 0 bridgehead atoms. The first-order valence-corrected chi connectivity index (χ1v) is 17.6. The average molecular weight is 572 g/mol. The van der Waals surface area contributed by atoms with Crippen LogP contribution in [0.15, 0.2) is 0 Å². The maximum Gasteiger partial charge on any atom is 0.128 e. The number of aromatic nitrogens is 1. The molecule has 2 saturated carbocycles. The van der Waals surface area contributed by atoms with Gasteiger partial charge < -0.3 is 15.4 Å². The fraction of sp³-hybridized carbons (Fsp3) is 0.865. The summed E-state index contributed by atoms with van der Waals surface area (Å²) in [6.45, 7) is 25.5. The average Bonchev–Trinajstić information content (AvgIpc) is 2.87. The van der Waals surface area contributed by atoms with Gasteiger partial charge in [0.2, 0.25) is 0 Å². The largest absolute Gasteiger partial charge is 0.383 e. The van der Waals surface area contributed by atoms with E-state index in [0.29, 0.717) is 5.82 Å². The normalized spacial score (nSPS) is 18.6. The van der Waals surface area contributed by atoms with Crippen LogP contribution >= 0.6 is 0 Å². The Labute approximate surface area is 256 Å². The lowest BCUT2D eigenvalue weighted by molar-refractivity contribution is -0.109. The minimum absolute atomic E-state index is 0.0134. The van der Waals surface area contributed by atoms with Gasteiger partial charge in [-0.2, -0.15) is 0 Å². The molecule has 1 aromatic heterocycles. The Hall–Kier alpha value is -1.29. The zero-order valence-electron chi connectivity index (χ0n) is 29.1. The first-order valence-electron chi connectivity index (χ1n) is 17.6. The number of rotatable bonds is 12. The van der Waals surface area contributed by atoms with E-state index >= 15 is 0 Å². The second kappa shape index (κ2) is 17.1. The van der Waals surface area contributed by atoms with E-state index in [9.17, 15) is 0 Å². The molecule has 41 heavy (non-hydrogen) atoms. The van der Waals surface area contributed by atoms with Crippen molar-refractivity contribution in [2.45, 2.75) is 165 Å². The summed E-state index contributed by atoms with van der Waals surface area (Å²) in [4.78, 5) is 7.38. The van der Waals surface area contributed by atoms with Crippen LogP contribution in [0, 0.1) is 30.1 Å². The Morgan fingerprint density at radius 3 is 2.00 bits per heavy atom. The maximum atomic E-state index is 6.61. The van der Waals surface area contributed by atoms with Crippen molar-refractivity contribution >= 4 is 11.5 Å². The van der Waals surface area contributed by atoms with Crippen molar-refractivity contribution in [1.82, 2.24) is 4.98 Å². The summed E-state index contributed by atoms with van der Waals surface area (Å²) in [5, 5.41) is 0. The van der Waals surface area contributed by atoms with Gasteiger partial charge in [-0.05, 0) is 95.5 Å². The van der Waals surface area contributed by atoms with Gasteiger partial charge in [0.1, 0.15) is 5.82 Å². The van der Waals surface area contributed by atoms with Crippen molar-refractivity contribution in [3.8, 4) is 0 Å². The number of nitrogens with two attached hydrogens (primary N) is 1. The number of anilines is 2. The third kappa shape index (κ3) is 10.7. The van der Waals surface area contributed by atoms with E-state index in [-0.39, 0.29) is 11.0 Å². The molecule has 3 aliphatic rings. The smallest absolute Gasteiger partial charge is 0.128 e. The molecule has 238 valence electrons. The van der Waals surface area contributed by atoms with Gasteiger partial charge in [0.25, 0.3) is 0 Å². The van der Waals surface area contributed by atoms with Gasteiger partial charge in [-0.1, -0.05) is 87.0 Å². The lowest BCUT2D eigenvalue weighted by Crippen LogP contribution is -2.45. The van der Waals surface area contributed by atoms with Crippen molar-refractivity contribution in [2.75, 3.05) is 30.3 Å². The highest BCUT2D eigenvalue weighted by atomic mass is 16.5. The molecule has 4 heteroatoms. The molecule has 0 radical (unpaired) electrons. The summed E-state index contributed by atoms with van der Waals surface area (Å²) in [5.74, 6) is 3.44. The van der Waals surface area contributed by atoms with E-state index in [1.54, 1.807) is 0 Å². The molecule has 2 N–H and O–H groups in total. The van der Waals surface area contributed by atoms with E-state index in [4.69, 9.17) is 15.5 Å². The molecule has 0 aromatic carbocycles. The number of ether oxygens (including phenoxy) is 1. The van der Waals surface area contributed by atoms with Crippen LogP contribution in [0.2, 0.25) is 0 Å². The van der Waals surface area contributed by atoms with E-state index < -0.39 is 0 Å². The van der Waals surface area contributed by atoms with Crippen LogP contribution in [-0.2, 0) is 17.6 Å². The summed E-state index contributed by atoms with van der Waals surface area (Å²) in [6, 6.07) is 0. The van der Waals surface area contributed by atoms with Crippen LogP contribution in [0.4, 0.5) is 11.5 Å². The van der Waals surface area contributed by atoms with Crippen LogP contribution in [-0.4, -0.2) is 30.3 Å². The molecule has 2 fully saturated rings. The third-order valence-electron chi connectivity index (χ3n) is 10.5. The Morgan fingerprint density at radius 2 is 1.56 bits per heavy atom. The lowest BCUT2D eigenvalue weighted by Gasteiger charge is -2.44. The van der Waals surface area contributed by atoms with Crippen molar-refractivity contribution in [3.05, 3.63) is 16.8 Å². The Morgan fingerprint density at radius 1 is 0.951 bits per heavy atom. The van der Waals surface area contributed by atoms with E-state index in [0.717, 1.165) is 63.1 Å². The van der Waals surface area contributed by atoms with Crippen LogP contribution < -0.4 is 10.6 Å².